The molecule has 4 nitrogen and oxygen atoms in total. The smallest absolute Gasteiger partial charge is 0.160 e. The minimum atomic E-state index is -0.292. The molecule has 0 aliphatic heterocycles. The number of fused-ring (bicyclic) bond motifs is 13. The van der Waals surface area contributed by atoms with Crippen LogP contribution in [-0.2, 0) is 5.41 Å². The van der Waals surface area contributed by atoms with Gasteiger partial charge < -0.3 is 4.57 Å². The zero-order valence-corrected chi connectivity index (χ0v) is 32.1. The molecule has 1 aliphatic rings. The van der Waals surface area contributed by atoms with Crippen LogP contribution < -0.4 is 0 Å². The maximum absolute atomic E-state index is 5.19. The first-order valence-corrected chi connectivity index (χ1v) is 19.9. The van der Waals surface area contributed by atoms with Gasteiger partial charge in [-0.15, -0.1) is 0 Å². The predicted octanol–water partition coefficient (Wildman–Crippen LogP) is 13.7. The molecule has 0 N–H and O–H groups in total. The second kappa shape index (κ2) is 12.3. The van der Waals surface area contributed by atoms with Crippen molar-refractivity contribution in [3.05, 3.63) is 193 Å². The predicted molar refractivity (Wildman–Crippen MR) is 241 cm³/mol. The quantitative estimate of drug-likeness (QED) is 0.169. The Labute approximate surface area is 335 Å². The summed E-state index contributed by atoms with van der Waals surface area (Å²) in [5, 5.41) is 10.1. The molecule has 12 rings (SSSR count). The fraction of sp³-hybridized carbons (Fsp3) is 0.0556. The van der Waals surface area contributed by atoms with E-state index in [-0.39, 0.29) is 5.41 Å². The molecule has 0 unspecified atom stereocenters. The summed E-state index contributed by atoms with van der Waals surface area (Å²) >= 11 is 0. The van der Waals surface area contributed by atoms with Gasteiger partial charge in [0, 0.05) is 51.0 Å². The van der Waals surface area contributed by atoms with Gasteiger partial charge in [0.25, 0.3) is 0 Å². The lowest BCUT2D eigenvalue weighted by molar-refractivity contribution is 0.665. The Hall–Kier alpha value is -7.43. The van der Waals surface area contributed by atoms with Gasteiger partial charge in [-0.05, 0) is 91.0 Å². The van der Waals surface area contributed by atoms with Gasteiger partial charge in [-0.3, -0.25) is 4.98 Å². The highest BCUT2D eigenvalue weighted by molar-refractivity contribution is 6.26. The molecule has 11 aromatic rings. The van der Waals surface area contributed by atoms with Gasteiger partial charge in [-0.1, -0.05) is 147 Å². The van der Waals surface area contributed by atoms with Crippen molar-refractivity contribution in [3.8, 4) is 50.7 Å². The molecule has 8 aromatic carbocycles. The molecule has 58 heavy (non-hydrogen) atoms. The van der Waals surface area contributed by atoms with Crippen LogP contribution in [0.5, 0.6) is 0 Å². The summed E-state index contributed by atoms with van der Waals surface area (Å²) in [5.74, 6) is 0.689. The van der Waals surface area contributed by atoms with E-state index >= 15 is 0 Å². The third-order valence-electron chi connectivity index (χ3n) is 12.4. The minimum absolute atomic E-state index is 0.292. The molecule has 0 radical (unpaired) electrons. The molecule has 0 atom stereocenters. The lowest BCUT2D eigenvalue weighted by Gasteiger charge is -2.24. The van der Waals surface area contributed by atoms with Crippen molar-refractivity contribution in [1.29, 1.82) is 0 Å². The highest BCUT2D eigenvalue weighted by Crippen LogP contribution is 2.55. The van der Waals surface area contributed by atoms with Crippen LogP contribution in [0.4, 0.5) is 0 Å². The standard InChI is InChI=1S/C54H36N4/c1-54(2)47-30-44-40-23-12-10-21-38(40)37-20-9-11-22-39(37)43(44)29-45(47)41-24-25-42-46-32-55-27-26-50(46)58(52(42)51(41)54)36-19-13-18-35(28-36)53-56-48(33-14-5-3-6-15-33)31-49(57-53)34-16-7-4-8-17-34/h3-32H,1-2H3. The van der Waals surface area contributed by atoms with Crippen molar-refractivity contribution >= 4 is 54.1 Å². The van der Waals surface area contributed by atoms with E-state index in [0.717, 1.165) is 44.7 Å². The monoisotopic (exact) mass is 740 g/mol. The van der Waals surface area contributed by atoms with E-state index in [0.29, 0.717) is 5.82 Å². The van der Waals surface area contributed by atoms with E-state index in [1.165, 1.54) is 65.5 Å². The second-order valence-electron chi connectivity index (χ2n) is 16.0. The molecule has 0 bridgehead atoms. The van der Waals surface area contributed by atoms with Crippen LogP contribution in [0.15, 0.2) is 182 Å². The number of hydrogen-bond donors (Lipinski definition) is 0. The summed E-state index contributed by atoms with van der Waals surface area (Å²) in [6.45, 7) is 4.80. The Bertz CT molecular complexity index is 3410. The van der Waals surface area contributed by atoms with Crippen LogP contribution >= 0.6 is 0 Å². The molecule has 0 fully saturated rings. The van der Waals surface area contributed by atoms with E-state index < -0.39 is 0 Å². The third-order valence-corrected chi connectivity index (χ3v) is 12.4. The molecular formula is C54H36N4. The van der Waals surface area contributed by atoms with Crippen molar-refractivity contribution in [3.63, 3.8) is 0 Å². The number of hydrogen-bond acceptors (Lipinski definition) is 3. The average Bonchev–Trinajstić information content (AvgIpc) is 3.74. The van der Waals surface area contributed by atoms with Gasteiger partial charge in [-0.25, -0.2) is 9.97 Å². The highest BCUT2D eigenvalue weighted by Gasteiger charge is 2.39. The molecule has 1 aliphatic carbocycles. The molecule has 0 saturated heterocycles. The van der Waals surface area contributed by atoms with Crippen molar-refractivity contribution in [2.45, 2.75) is 19.3 Å². The lowest BCUT2D eigenvalue weighted by Crippen LogP contribution is -2.16. The van der Waals surface area contributed by atoms with E-state index in [4.69, 9.17) is 9.97 Å². The molecule has 0 saturated carbocycles. The van der Waals surface area contributed by atoms with E-state index in [2.05, 4.69) is 181 Å². The van der Waals surface area contributed by atoms with Gasteiger partial charge in [0.2, 0.25) is 0 Å². The Morgan fingerprint density at radius 1 is 0.448 bits per heavy atom. The fourth-order valence-corrected chi connectivity index (χ4v) is 9.78. The third kappa shape index (κ3) is 4.72. The summed E-state index contributed by atoms with van der Waals surface area (Å²) in [7, 11) is 0. The lowest BCUT2D eigenvalue weighted by atomic mass is 9.80. The summed E-state index contributed by atoms with van der Waals surface area (Å²) in [6, 6.07) is 61.0. The normalized spacial score (nSPS) is 13.1. The van der Waals surface area contributed by atoms with Crippen molar-refractivity contribution in [2.75, 3.05) is 0 Å². The van der Waals surface area contributed by atoms with E-state index in [9.17, 15) is 0 Å². The van der Waals surface area contributed by atoms with Gasteiger partial charge in [0.05, 0.1) is 22.4 Å². The molecule has 0 spiro atoms. The first-order chi connectivity index (χ1) is 28.5. The van der Waals surface area contributed by atoms with Crippen molar-refractivity contribution in [2.24, 2.45) is 0 Å². The number of aromatic nitrogens is 4. The van der Waals surface area contributed by atoms with Gasteiger partial charge in [-0.2, -0.15) is 0 Å². The summed E-state index contributed by atoms with van der Waals surface area (Å²) in [6.07, 6.45) is 3.92. The Kier molecular flexibility index (Phi) is 6.94. The number of nitrogens with zero attached hydrogens (tertiary/aromatic N) is 4. The van der Waals surface area contributed by atoms with E-state index in [1.807, 2.05) is 24.5 Å². The molecule has 3 heterocycles. The molecule has 0 amide bonds. The Morgan fingerprint density at radius 2 is 1.03 bits per heavy atom. The summed E-state index contributed by atoms with van der Waals surface area (Å²) < 4.78 is 2.45. The maximum Gasteiger partial charge on any atom is 0.160 e. The zero-order valence-electron chi connectivity index (χ0n) is 32.1. The zero-order chi connectivity index (χ0) is 38.5. The van der Waals surface area contributed by atoms with Crippen LogP contribution in [0.2, 0.25) is 0 Å². The fourth-order valence-electron chi connectivity index (χ4n) is 9.78. The van der Waals surface area contributed by atoms with E-state index in [1.54, 1.807) is 0 Å². The van der Waals surface area contributed by atoms with Crippen molar-refractivity contribution < 1.29 is 0 Å². The topological polar surface area (TPSA) is 43.6 Å². The van der Waals surface area contributed by atoms with Gasteiger partial charge >= 0.3 is 0 Å². The van der Waals surface area contributed by atoms with Crippen LogP contribution in [-0.4, -0.2) is 19.5 Å². The van der Waals surface area contributed by atoms with Gasteiger partial charge in [0.15, 0.2) is 5.82 Å². The molecule has 272 valence electrons. The Balaban J connectivity index is 1.11. The Morgan fingerprint density at radius 3 is 1.69 bits per heavy atom. The first-order valence-electron chi connectivity index (χ1n) is 19.9. The maximum atomic E-state index is 5.19. The van der Waals surface area contributed by atoms with Crippen LogP contribution in [0.1, 0.15) is 25.0 Å². The molecule has 3 aromatic heterocycles. The van der Waals surface area contributed by atoms with Crippen LogP contribution in [0, 0.1) is 0 Å². The first kappa shape index (κ1) is 32.8. The SMILES string of the molecule is CC1(C)c2cc3c4ccccc4c4ccccc4c3cc2-c2ccc3c4cnccc4n(-c4cccc(-c5nc(-c6ccccc6)cc(-c6ccccc6)n5)c4)c3c21. The minimum Gasteiger partial charge on any atom is -0.309 e. The van der Waals surface area contributed by atoms with Crippen LogP contribution in [0.25, 0.3) is 105 Å². The number of rotatable bonds is 4. The second-order valence-corrected chi connectivity index (χ2v) is 16.0. The summed E-state index contributed by atoms with van der Waals surface area (Å²) in [5.41, 5.74) is 13.2. The number of benzene rings is 8. The largest absolute Gasteiger partial charge is 0.309 e. The molecular weight excluding hydrogens is 705 g/mol. The summed E-state index contributed by atoms with van der Waals surface area (Å²) in [4.78, 5) is 15.0. The van der Waals surface area contributed by atoms with Crippen LogP contribution in [0.3, 0.4) is 0 Å². The highest BCUT2D eigenvalue weighted by atomic mass is 15.0. The average molecular weight is 741 g/mol. The van der Waals surface area contributed by atoms with Gasteiger partial charge in [0.1, 0.15) is 0 Å². The molecule has 4 heteroatoms. The van der Waals surface area contributed by atoms with Crippen molar-refractivity contribution in [1.82, 2.24) is 19.5 Å². The number of pyridine rings is 1.